The first-order valence-corrected chi connectivity index (χ1v) is 7.94. The highest BCUT2D eigenvalue weighted by atomic mass is 16.5. The van der Waals surface area contributed by atoms with E-state index in [0.29, 0.717) is 6.42 Å². The second-order valence-corrected chi connectivity index (χ2v) is 6.02. The molecule has 0 aromatic heterocycles. The lowest BCUT2D eigenvalue weighted by Gasteiger charge is -2.09. The van der Waals surface area contributed by atoms with Crippen molar-refractivity contribution in [3.63, 3.8) is 0 Å². The summed E-state index contributed by atoms with van der Waals surface area (Å²) in [4.78, 5) is 23.5. The van der Waals surface area contributed by atoms with Gasteiger partial charge in [0, 0.05) is 5.69 Å². The maximum absolute atomic E-state index is 11.9. The van der Waals surface area contributed by atoms with Crippen molar-refractivity contribution in [2.24, 2.45) is 5.92 Å². The molecule has 22 heavy (non-hydrogen) atoms. The van der Waals surface area contributed by atoms with Crippen LogP contribution in [0.15, 0.2) is 30.4 Å². The number of ether oxygens (including phenoxy) is 1. The first-order chi connectivity index (χ1) is 10.7. The molecule has 0 aliphatic heterocycles. The highest BCUT2D eigenvalue weighted by Crippen LogP contribution is 2.25. The Morgan fingerprint density at radius 2 is 2.09 bits per heavy atom. The first kappa shape index (κ1) is 14.8. The second-order valence-electron chi connectivity index (χ2n) is 6.02. The van der Waals surface area contributed by atoms with Crippen LogP contribution < -0.4 is 5.32 Å². The van der Waals surface area contributed by atoms with Gasteiger partial charge < -0.3 is 10.1 Å². The first-order valence-electron chi connectivity index (χ1n) is 7.94. The van der Waals surface area contributed by atoms with Gasteiger partial charge in [-0.15, -0.1) is 0 Å². The average Bonchev–Trinajstić information content (AvgIpc) is 3.15. The van der Waals surface area contributed by atoms with E-state index in [2.05, 4.69) is 17.5 Å². The number of fused-ring (bicyclic) bond motifs is 1. The van der Waals surface area contributed by atoms with Gasteiger partial charge in [-0.2, -0.15) is 0 Å². The molecule has 2 aliphatic carbocycles. The molecule has 0 bridgehead atoms. The Hall–Kier alpha value is -2.10. The molecule has 0 spiro atoms. The Kier molecular flexibility index (Phi) is 4.56. The van der Waals surface area contributed by atoms with E-state index < -0.39 is 0 Å². The van der Waals surface area contributed by atoms with Gasteiger partial charge in [-0.05, 0) is 61.3 Å². The molecule has 0 saturated carbocycles. The van der Waals surface area contributed by atoms with Gasteiger partial charge in [0.2, 0.25) is 0 Å². The molecule has 1 aromatic rings. The van der Waals surface area contributed by atoms with Crippen LogP contribution in [0.3, 0.4) is 0 Å². The summed E-state index contributed by atoms with van der Waals surface area (Å²) < 4.78 is 5.05. The molecule has 0 radical (unpaired) electrons. The zero-order valence-corrected chi connectivity index (χ0v) is 12.6. The van der Waals surface area contributed by atoms with Gasteiger partial charge in [0.05, 0.1) is 6.42 Å². The quantitative estimate of drug-likeness (QED) is 0.671. The van der Waals surface area contributed by atoms with Crippen molar-refractivity contribution in [1.29, 1.82) is 0 Å². The number of aryl methyl sites for hydroxylation is 2. The lowest BCUT2D eigenvalue weighted by molar-refractivity contribution is -0.147. The van der Waals surface area contributed by atoms with E-state index in [0.717, 1.165) is 31.4 Å². The molecule has 3 rings (SSSR count). The van der Waals surface area contributed by atoms with Gasteiger partial charge in [-0.25, -0.2) is 0 Å². The van der Waals surface area contributed by atoms with E-state index in [4.69, 9.17) is 4.74 Å². The number of hydrogen-bond donors (Lipinski definition) is 1. The third-order valence-electron chi connectivity index (χ3n) is 4.29. The van der Waals surface area contributed by atoms with Crippen molar-refractivity contribution >= 4 is 17.6 Å². The highest BCUT2D eigenvalue weighted by Gasteiger charge is 2.16. The van der Waals surface area contributed by atoms with E-state index in [-0.39, 0.29) is 24.4 Å². The van der Waals surface area contributed by atoms with Crippen LogP contribution in [0.25, 0.3) is 0 Å². The van der Waals surface area contributed by atoms with Crippen LogP contribution in [0.5, 0.6) is 0 Å². The van der Waals surface area contributed by atoms with Gasteiger partial charge in [-0.1, -0.05) is 18.2 Å². The van der Waals surface area contributed by atoms with Gasteiger partial charge in [0.15, 0.2) is 6.61 Å². The Bertz CT molecular complexity index is 606. The zero-order chi connectivity index (χ0) is 15.4. The molecule has 116 valence electrons. The second kappa shape index (κ2) is 6.77. The summed E-state index contributed by atoms with van der Waals surface area (Å²) in [7, 11) is 0. The van der Waals surface area contributed by atoms with Crippen LogP contribution in [0.2, 0.25) is 0 Å². The van der Waals surface area contributed by atoms with E-state index in [1.165, 1.54) is 17.5 Å². The third kappa shape index (κ3) is 3.75. The van der Waals surface area contributed by atoms with Crippen molar-refractivity contribution in [3.8, 4) is 0 Å². The molecule has 0 fully saturated rings. The molecular formula is C18H21NO3. The van der Waals surface area contributed by atoms with Crippen LogP contribution in [-0.4, -0.2) is 18.5 Å². The topological polar surface area (TPSA) is 55.4 Å². The molecule has 0 heterocycles. The SMILES string of the molecule is O=C(COC(=O)C[C@@H]1C=CCC1)Nc1ccc2c(c1)CCC2. The zero-order valence-electron chi connectivity index (χ0n) is 12.6. The number of esters is 1. The van der Waals surface area contributed by atoms with E-state index in [9.17, 15) is 9.59 Å². The minimum atomic E-state index is -0.305. The van der Waals surface area contributed by atoms with Gasteiger partial charge in [-0.3, -0.25) is 9.59 Å². The van der Waals surface area contributed by atoms with Crippen molar-refractivity contribution < 1.29 is 14.3 Å². The number of rotatable bonds is 5. The number of benzene rings is 1. The van der Waals surface area contributed by atoms with E-state index >= 15 is 0 Å². The smallest absolute Gasteiger partial charge is 0.306 e. The fraction of sp³-hybridized carbons (Fsp3) is 0.444. The summed E-state index contributed by atoms with van der Waals surface area (Å²) >= 11 is 0. The van der Waals surface area contributed by atoms with Crippen LogP contribution in [0.4, 0.5) is 5.69 Å². The number of carbonyl (C=O) groups excluding carboxylic acids is 2. The molecule has 1 aromatic carbocycles. The van der Waals surface area contributed by atoms with Crippen LogP contribution in [-0.2, 0) is 27.2 Å². The largest absolute Gasteiger partial charge is 0.456 e. The predicted molar refractivity (Wildman–Crippen MR) is 84.5 cm³/mol. The Morgan fingerprint density at radius 1 is 1.23 bits per heavy atom. The summed E-state index contributed by atoms with van der Waals surface area (Å²) in [5.41, 5.74) is 3.46. The summed E-state index contributed by atoms with van der Waals surface area (Å²) in [5.74, 6) is -0.318. The molecule has 0 unspecified atom stereocenters. The van der Waals surface area contributed by atoms with Gasteiger partial charge in [0.1, 0.15) is 0 Å². The fourth-order valence-electron chi connectivity index (χ4n) is 3.13. The average molecular weight is 299 g/mol. The molecule has 0 saturated heterocycles. The molecule has 1 N–H and O–H groups in total. The predicted octanol–water partition coefficient (Wildman–Crippen LogP) is 3.01. The van der Waals surface area contributed by atoms with E-state index in [1.807, 2.05) is 18.2 Å². The number of hydrogen-bond acceptors (Lipinski definition) is 3. The number of amides is 1. The Morgan fingerprint density at radius 3 is 2.91 bits per heavy atom. The molecule has 1 atom stereocenters. The number of nitrogens with one attached hydrogen (secondary N) is 1. The van der Waals surface area contributed by atoms with Crippen LogP contribution >= 0.6 is 0 Å². The lowest BCUT2D eigenvalue weighted by atomic mass is 10.1. The van der Waals surface area contributed by atoms with Crippen molar-refractivity contribution in [3.05, 3.63) is 41.5 Å². The summed E-state index contributed by atoms with van der Waals surface area (Å²) in [6.07, 6.45) is 9.89. The van der Waals surface area contributed by atoms with Crippen molar-refractivity contribution in [2.75, 3.05) is 11.9 Å². The van der Waals surface area contributed by atoms with Gasteiger partial charge in [0.25, 0.3) is 5.91 Å². The number of allylic oxidation sites excluding steroid dienone is 2. The maximum Gasteiger partial charge on any atom is 0.306 e. The van der Waals surface area contributed by atoms with Gasteiger partial charge >= 0.3 is 5.97 Å². The Balaban J connectivity index is 1.44. The minimum Gasteiger partial charge on any atom is -0.456 e. The lowest BCUT2D eigenvalue weighted by Crippen LogP contribution is -2.21. The van der Waals surface area contributed by atoms with Crippen LogP contribution in [0.1, 0.15) is 36.8 Å². The standard InChI is InChI=1S/C18H21NO3/c20-17(12-22-18(21)10-13-4-1-2-5-13)19-16-9-8-14-6-3-7-15(14)11-16/h1,4,8-9,11,13H,2-3,5-7,10,12H2,(H,19,20)/t13-/m1/s1. The molecular weight excluding hydrogens is 278 g/mol. The Labute approximate surface area is 130 Å². The van der Waals surface area contributed by atoms with E-state index in [1.54, 1.807) is 0 Å². The van der Waals surface area contributed by atoms with Crippen molar-refractivity contribution in [1.82, 2.24) is 0 Å². The molecule has 2 aliphatic rings. The summed E-state index contributed by atoms with van der Waals surface area (Å²) in [6, 6.07) is 5.99. The fourth-order valence-corrected chi connectivity index (χ4v) is 3.13. The molecule has 1 amide bonds. The van der Waals surface area contributed by atoms with Crippen LogP contribution in [0, 0.1) is 5.92 Å². The number of carbonyl (C=O) groups is 2. The minimum absolute atomic E-state index is 0.216. The third-order valence-corrected chi connectivity index (χ3v) is 4.29. The normalized spacial score (nSPS) is 19.0. The maximum atomic E-state index is 11.9. The molecule has 4 nitrogen and oxygen atoms in total. The monoisotopic (exact) mass is 299 g/mol. The number of anilines is 1. The summed E-state index contributed by atoms with van der Waals surface area (Å²) in [5, 5.41) is 2.79. The molecule has 4 heteroatoms. The highest BCUT2D eigenvalue weighted by molar-refractivity contribution is 5.92. The summed E-state index contributed by atoms with van der Waals surface area (Å²) in [6.45, 7) is -0.216. The van der Waals surface area contributed by atoms with Crippen molar-refractivity contribution in [2.45, 2.75) is 38.5 Å².